The van der Waals surface area contributed by atoms with Gasteiger partial charge in [0.25, 0.3) is 0 Å². The van der Waals surface area contributed by atoms with Gasteiger partial charge >= 0.3 is 0 Å². The molecule has 1 unspecified atom stereocenters. The van der Waals surface area contributed by atoms with Crippen LogP contribution in [0.25, 0.3) is 0 Å². The standard InChI is InChI=1S/C14H16BrNS/c1-2-16-12(13-8-9-14(15)17-13)10-11-6-4-3-5-7-11/h3-9,12,16H,2,10H2,1H3. The summed E-state index contributed by atoms with van der Waals surface area (Å²) in [6, 6.07) is 15.4. The lowest BCUT2D eigenvalue weighted by molar-refractivity contribution is 0.558. The molecule has 0 bridgehead atoms. The predicted octanol–water partition coefficient (Wildman–Crippen LogP) is 4.40. The maximum absolute atomic E-state index is 3.55. The van der Waals surface area contributed by atoms with Crippen LogP contribution in [0.4, 0.5) is 0 Å². The fourth-order valence-electron chi connectivity index (χ4n) is 1.89. The van der Waals surface area contributed by atoms with Crippen molar-refractivity contribution in [3.05, 3.63) is 56.7 Å². The Labute approximate surface area is 115 Å². The van der Waals surface area contributed by atoms with Crippen molar-refractivity contribution in [2.45, 2.75) is 19.4 Å². The number of halogens is 1. The van der Waals surface area contributed by atoms with Gasteiger partial charge < -0.3 is 5.32 Å². The van der Waals surface area contributed by atoms with Gasteiger partial charge in [-0.2, -0.15) is 0 Å². The molecule has 1 aromatic heterocycles. The number of rotatable bonds is 5. The number of thiophene rings is 1. The van der Waals surface area contributed by atoms with Gasteiger partial charge in [0, 0.05) is 10.9 Å². The Balaban J connectivity index is 2.13. The first-order chi connectivity index (χ1) is 8.29. The summed E-state index contributed by atoms with van der Waals surface area (Å²) < 4.78 is 1.20. The molecule has 0 radical (unpaired) electrons. The van der Waals surface area contributed by atoms with Crippen LogP contribution in [0.15, 0.2) is 46.3 Å². The third kappa shape index (κ3) is 3.66. The van der Waals surface area contributed by atoms with Crippen LogP contribution in [0.2, 0.25) is 0 Å². The smallest absolute Gasteiger partial charge is 0.0701 e. The monoisotopic (exact) mass is 309 g/mol. The number of hydrogen-bond donors (Lipinski definition) is 1. The van der Waals surface area contributed by atoms with Crippen molar-refractivity contribution in [2.75, 3.05) is 6.54 Å². The molecule has 1 atom stereocenters. The van der Waals surface area contributed by atoms with Gasteiger partial charge in [0.05, 0.1) is 3.79 Å². The summed E-state index contributed by atoms with van der Waals surface area (Å²) in [4.78, 5) is 1.39. The van der Waals surface area contributed by atoms with Crippen LogP contribution >= 0.6 is 27.3 Å². The van der Waals surface area contributed by atoms with Crippen molar-refractivity contribution >= 4 is 27.3 Å². The van der Waals surface area contributed by atoms with Crippen molar-refractivity contribution in [3.8, 4) is 0 Å². The maximum atomic E-state index is 3.55. The molecule has 0 amide bonds. The van der Waals surface area contributed by atoms with Gasteiger partial charge in [-0.25, -0.2) is 0 Å². The summed E-state index contributed by atoms with van der Waals surface area (Å²) in [6.45, 7) is 3.15. The minimum atomic E-state index is 0.415. The molecule has 0 aliphatic rings. The fraction of sp³-hybridized carbons (Fsp3) is 0.286. The fourth-order valence-corrected chi connectivity index (χ4v) is 3.38. The lowest BCUT2D eigenvalue weighted by Gasteiger charge is -2.16. The van der Waals surface area contributed by atoms with Crippen molar-refractivity contribution in [1.29, 1.82) is 0 Å². The van der Waals surface area contributed by atoms with Crippen molar-refractivity contribution in [1.82, 2.24) is 5.32 Å². The van der Waals surface area contributed by atoms with Crippen LogP contribution in [0.5, 0.6) is 0 Å². The zero-order valence-corrected chi connectivity index (χ0v) is 12.2. The number of nitrogens with one attached hydrogen (secondary N) is 1. The Morgan fingerprint density at radius 2 is 1.94 bits per heavy atom. The summed E-state index contributed by atoms with van der Waals surface area (Å²) in [6.07, 6.45) is 1.04. The van der Waals surface area contributed by atoms with Crippen molar-refractivity contribution in [2.24, 2.45) is 0 Å². The summed E-state index contributed by atoms with van der Waals surface area (Å²) in [5.41, 5.74) is 1.38. The summed E-state index contributed by atoms with van der Waals surface area (Å²) >= 11 is 5.34. The third-order valence-electron chi connectivity index (χ3n) is 2.67. The average Bonchev–Trinajstić information content (AvgIpc) is 2.77. The Morgan fingerprint density at radius 3 is 2.53 bits per heavy atom. The summed E-state index contributed by atoms with van der Waals surface area (Å²) in [5, 5.41) is 3.55. The lowest BCUT2D eigenvalue weighted by atomic mass is 10.0. The SMILES string of the molecule is CCNC(Cc1ccccc1)c1ccc(Br)s1. The molecule has 1 nitrogen and oxygen atoms in total. The van der Waals surface area contributed by atoms with E-state index in [0.29, 0.717) is 6.04 Å². The molecule has 2 aromatic rings. The summed E-state index contributed by atoms with van der Waals surface area (Å²) in [7, 11) is 0. The van der Waals surface area contributed by atoms with Crippen LogP contribution in [-0.4, -0.2) is 6.54 Å². The van der Waals surface area contributed by atoms with E-state index < -0.39 is 0 Å². The van der Waals surface area contributed by atoms with Crippen LogP contribution in [0.3, 0.4) is 0 Å². The average molecular weight is 310 g/mol. The lowest BCUT2D eigenvalue weighted by Crippen LogP contribution is -2.21. The van der Waals surface area contributed by atoms with Crippen molar-refractivity contribution < 1.29 is 0 Å². The molecule has 0 aliphatic heterocycles. The highest BCUT2D eigenvalue weighted by molar-refractivity contribution is 9.11. The Hall–Kier alpha value is -0.640. The number of benzene rings is 1. The minimum absolute atomic E-state index is 0.415. The molecule has 0 saturated carbocycles. The highest BCUT2D eigenvalue weighted by atomic mass is 79.9. The van der Waals surface area contributed by atoms with E-state index in [0.717, 1.165) is 13.0 Å². The van der Waals surface area contributed by atoms with Crippen molar-refractivity contribution in [3.63, 3.8) is 0 Å². The normalized spacial score (nSPS) is 12.6. The Morgan fingerprint density at radius 1 is 1.18 bits per heavy atom. The van der Waals surface area contributed by atoms with Gasteiger partial charge in [0.15, 0.2) is 0 Å². The first-order valence-corrected chi connectivity index (χ1v) is 7.43. The van der Waals surface area contributed by atoms with Gasteiger partial charge in [-0.15, -0.1) is 11.3 Å². The van der Waals surface area contributed by atoms with Crippen LogP contribution in [-0.2, 0) is 6.42 Å². The molecule has 1 N–H and O–H groups in total. The molecule has 0 fully saturated rings. The van der Waals surface area contributed by atoms with E-state index in [2.05, 4.69) is 70.6 Å². The maximum Gasteiger partial charge on any atom is 0.0701 e. The number of hydrogen-bond acceptors (Lipinski definition) is 2. The Bertz CT molecular complexity index is 452. The van der Waals surface area contributed by atoms with E-state index in [4.69, 9.17) is 0 Å². The topological polar surface area (TPSA) is 12.0 Å². The van der Waals surface area contributed by atoms with Crippen LogP contribution < -0.4 is 5.32 Å². The molecule has 3 heteroatoms. The van der Waals surface area contributed by atoms with Gasteiger partial charge in [0.2, 0.25) is 0 Å². The summed E-state index contributed by atoms with van der Waals surface area (Å²) in [5.74, 6) is 0. The second kappa shape index (κ2) is 6.34. The third-order valence-corrected chi connectivity index (χ3v) is 4.41. The zero-order valence-electron chi connectivity index (χ0n) is 9.82. The molecule has 0 saturated heterocycles. The van der Waals surface area contributed by atoms with E-state index in [9.17, 15) is 0 Å². The largest absolute Gasteiger partial charge is 0.309 e. The molecular formula is C14H16BrNS. The highest BCUT2D eigenvalue weighted by Crippen LogP contribution is 2.29. The van der Waals surface area contributed by atoms with E-state index >= 15 is 0 Å². The van der Waals surface area contributed by atoms with E-state index in [1.807, 2.05) is 11.3 Å². The molecular weight excluding hydrogens is 294 g/mol. The molecule has 90 valence electrons. The first-order valence-electron chi connectivity index (χ1n) is 5.82. The van der Waals surface area contributed by atoms with E-state index in [-0.39, 0.29) is 0 Å². The van der Waals surface area contributed by atoms with Gasteiger partial charge in [-0.05, 0) is 46.6 Å². The zero-order chi connectivity index (χ0) is 12.1. The molecule has 1 aromatic carbocycles. The van der Waals surface area contributed by atoms with Gasteiger partial charge in [0.1, 0.15) is 0 Å². The second-order valence-corrected chi connectivity index (χ2v) is 6.44. The minimum Gasteiger partial charge on any atom is -0.309 e. The molecule has 1 heterocycles. The highest BCUT2D eigenvalue weighted by Gasteiger charge is 2.12. The van der Waals surface area contributed by atoms with Crippen LogP contribution in [0.1, 0.15) is 23.4 Å². The van der Waals surface area contributed by atoms with Gasteiger partial charge in [-0.1, -0.05) is 37.3 Å². The second-order valence-electron chi connectivity index (χ2n) is 3.94. The molecule has 0 spiro atoms. The van der Waals surface area contributed by atoms with Crippen LogP contribution in [0, 0.1) is 0 Å². The molecule has 17 heavy (non-hydrogen) atoms. The Kier molecular flexibility index (Phi) is 4.77. The van der Waals surface area contributed by atoms with E-state index in [1.165, 1.54) is 14.2 Å². The van der Waals surface area contributed by atoms with E-state index in [1.54, 1.807) is 0 Å². The van der Waals surface area contributed by atoms with Gasteiger partial charge in [-0.3, -0.25) is 0 Å². The molecule has 0 aliphatic carbocycles. The predicted molar refractivity (Wildman–Crippen MR) is 78.6 cm³/mol. The first kappa shape index (κ1) is 12.8. The molecule has 2 rings (SSSR count). The quantitative estimate of drug-likeness (QED) is 0.863. The number of likely N-dealkylation sites (N-methyl/N-ethyl adjacent to an activating group) is 1.